The Kier molecular flexibility index (Phi) is 4.45. The van der Waals surface area contributed by atoms with E-state index in [1.807, 2.05) is 30.3 Å². The fourth-order valence-electron chi connectivity index (χ4n) is 1.87. The molecule has 100 valence electrons. The van der Waals surface area contributed by atoms with Gasteiger partial charge < -0.3 is 15.5 Å². The molecule has 1 aromatic heterocycles. The Morgan fingerprint density at radius 1 is 1.47 bits per heavy atom. The highest BCUT2D eigenvalue weighted by Gasteiger charge is 2.08. The predicted octanol–water partition coefficient (Wildman–Crippen LogP) is 3.61. The van der Waals surface area contributed by atoms with Crippen LogP contribution in [0.25, 0.3) is 0 Å². The van der Waals surface area contributed by atoms with E-state index < -0.39 is 0 Å². The molecule has 0 fully saturated rings. The summed E-state index contributed by atoms with van der Waals surface area (Å²) in [6.07, 6.45) is 2.48. The number of hydrogen-bond donors (Lipinski definition) is 2. The minimum absolute atomic E-state index is 0.234. The minimum Gasteiger partial charge on any atom is -0.469 e. The lowest BCUT2D eigenvalue weighted by atomic mass is 10.1. The second-order valence-electron chi connectivity index (χ2n) is 4.39. The zero-order chi connectivity index (χ0) is 13.8. The van der Waals surface area contributed by atoms with Crippen molar-refractivity contribution in [3.8, 4) is 0 Å². The van der Waals surface area contributed by atoms with E-state index in [1.165, 1.54) is 0 Å². The first-order chi connectivity index (χ1) is 9.06. The normalized spacial score (nSPS) is 12.1. The SMILES string of the molecule is CC(Cc1ccco1)Nc1ccc(C(N)=S)c(Cl)c1. The quantitative estimate of drug-likeness (QED) is 0.827. The fourth-order valence-corrected chi connectivity index (χ4v) is 2.39. The Balaban J connectivity index is 2.03. The van der Waals surface area contributed by atoms with Crippen LogP contribution in [0.1, 0.15) is 18.2 Å². The Morgan fingerprint density at radius 3 is 2.84 bits per heavy atom. The van der Waals surface area contributed by atoms with Crippen LogP contribution in [0.15, 0.2) is 41.0 Å². The van der Waals surface area contributed by atoms with Gasteiger partial charge in [-0.25, -0.2) is 0 Å². The van der Waals surface area contributed by atoms with E-state index in [-0.39, 0.29) is 6.04 Å². The van der Waals surface area contributed by atoms with Gasteiger partial charge in [0.15, 0.2) is 0 Å². The van der Waals surface area contributed by atoms with Gasteiger partial charge in [0, 0.05) is 23.7 Å². The molecule has 2 rings (SSSR count). The van der Waals surface area contributed by atoms with E-state index in [4.69, 9.17) is 34.0 Å². The van der Waals surface area contributed by atoms with E-state index in [0.29, 0.717) is 15.6 Å². The molecule has 0 aliphatic carbocycles. The maximum absolute atomic E-state index is 6.12. The molecule has 3 N–H and O–H groups in total. The van der Waals surface area contributed by atoms with Crippen molar-refractivity contribution >= 4 is 34.5 Å². The van der Waals surface area contributed by atoms with Gasteiger partial charge in [-0.2, -0.15) is 0 Å². The van der Waals surface area contributed by atoms with Crippen molar-refractivity contribution in [2.75, 3.05) is 5.32 Å². The van der Waals surface area contributed by atoms with Gasteiger partial charge in [0.05, 0.1) is 11.3 Å². The molecular weight excluding hydrogens is 280 g/mol. The monoisotopic (exact) mass is 294 g/mol. The smallest absolute Gasteiger partial charge is 0.105 e. The Bertz CT molecular complexity index is 569. The van der Waals surface area contributed by atoms with Gasteiger partial charge >= 0.3 is 0 Å². The number of rotatable bonds is 5. The molecule has 0 spiro atoms. The fraction of sp³-hybridized carbons (Fsp3) is 0.214. The summed E-state index contributed by atoms with van der Waals surface area (Å²) < 4.78 is 5.32. The summed E-state index contributed by atoms with van der Waals surface area (Å²) in [4.78, 5) is 0.306. The Labute approximate surface area is 122 Å². The lowest BCUT2D eigenvalue weighted by Gasteiger charge is -2.15. The molecular formula is C14H15ClN2OS. The molecule has 0 aliphatic heterocycles. The van der Waals surface area contributed by atoms with Crippen LogP contribution in [0, 0.1) is 0 Å². The molecule has 5 heteroatoms. The highest BCUT2D eigenvalue weighted by molar-refractivity contribution is 7.80. The Morgan fingerprint density at radius 2 is 2.26 bits per heavy atom. The molecule has 1 unspecified atom stereocenters. The molecule has 0 bridgehead atoms. The lowest BCUT2D eigenvalue weighted by molar-refractivity contribution is 0.498. The van der Waals surface area contributed by atoms with Crippen molar-refractivity contribution in [3.63, 3.8) is 0 Å². The number of furan rings is 1. The molecule has 3 nitrogen and oxygen atoms in total. The van der Waals surface area contributed by atoms with Crippen LogP contribution in [-0.2, 0) is 6.42 Å². The topological polar surface area (TPSA) is 51.2 Å². The van der Waals surface area contributed by atoms with Crippen LogP contribution in [0.5, 0.6) is 0 Å². The van der Waals surface area contributed by atoms with Crippen molar-refractivity contribution in [2.45, 2.75) is 19.4 Å². The molecule has 0 saturated carbocycles. The molecule has 1 aromatic carbocycles. The number of anilines is 1. The van der Waals surface area contributed by atoms with Crippen molar-refractivity contribution in [1.29, 1.82) is 0 Å². The first-order valence-corrected chi connectivity index (χ1v) is 6.73. The molecule has 0 saturated heterocycles. The molecule has 2 aromatic rings. The van der Waals surface area contributed by atoms with Crippen LogP contribution in [0.3, 0.4) is 0 Å². The molecule has 0 aliphatic rings. The van der Waals surface area contributed by atoms with Gasteiger partial charge in [0.1, 0.15) is 10.7 Å². The average molecular weight is 295 g/mol. The third kappa shape index (κ3) is 3.72. The maximum atomic E-state index is 6.12. The summed E-state index contributed by atoms with van der Waals surface area (Å²) in [5, 5.41) is 3.92. The summed E-state index contributed by atoms with van der Waals surface area (Å²) in [5.74, 6) is 0.950. The van der Waals surface area contributed by atoms with Crippen molar-refractivity contribution < 1.29 is 4.42 Å². The van der Waals surface area contributed by atoms with Gasteiger partial charge in [-0.1, -0.05) is 23.8 Å². The highest BCUT2D eigenvalue weighted by Crippen LogP contribution is 2.22. The summed E-state index contributed by atoms with van der Waals surface area (Å²) in [7, 11) is 0. The number of benzene rings is 1. The summed E-state index contributed by atoms with van der Waals surface area (Å²) >= 11 is 11.0. The number of nitrogens with two attached hydrogens (primary N) is 1. The zero-order valence-corrected chi connectivity index (χ0v) is 12.1. The van der Waals surface area contributed by atoms with E-state index in [2.05, 4.69) is 12.2 Å². The average Bonchev–Trinajstić information content (AvgIpc) is 2.81. The van der Waals surface area contributed by atoms with Gasteiger partial charge in [-0.05, 0) is 37.3 Å². The van der Waals surface area contributed by atoms with E-state index in [0.717, 1.165) is 17.9 Å². The van der Waals surface area contributed by atoms with Gasteiger partial charge in [-0.15, -0.1) is 0 Å². The van der Waals surface area contributed by atoms with Crippen molar-refractivity contribution in [2.24, 2.45) is 5.73 Å². The number of halogens is 1. The van der Waals surface area contributed by atoms with Crippen LogP contribution in [0.4, 0.5) is 5.69 Å². The van der Waals surface area contributed by atoms with Crippen LogP contribution in [0.2, 0.25) is 5.02 Å². The first-order valence-electron chi connectivity index (χ1n) is 5.94. The number of nitrogens with one attached hydrogen (secondary N) is 1. The van der Waals surface area contributed by atoms with Crippen LogP contribution in [-0.4, -0.2) is 11.0 Å². The van der Waals surface area contributed by atoms with Crippen molar-refractivity contribution in [1.82, 2.24) is 0 Å². The second kappa shape index (κ2) is 6.08. The van der Waals surface area contributed by atoms with Crippen LogP contribution >= 0.6 is 23.8 Å². The third-order valence-corrected chi connectivity index (χ3v) is 3.27. The minimum atomic E-state index is 0.234. The lowest BCUT2D eigenvalue weighted by Crippen LogP contribution is -2.18. The first kappa shape index (κ1) is 13.9. The zero-order valence-electron chi connectivity index (χ0n) is 10.5. The van der Waals surface area contributed by atoms with Gasteiger partial charge in [-0.3, -0.25) is 0 Å². The number of hydrogen-bond acceptors (Lipinski definition) is 3. The summed E-state index contributed by atoms with van der Waals surface area (Å²) in [6.45, 7) is 2.08. The molecule has 19 heavy (non-hydrogen) atoms. The van der Waals surface area contributed by atoms with Crippen molar-refractivity contribution in [3.05, 3.63) is 52.9 Å². The second-order valence-corrected chi connectivity index (χ2v) is 5.23. The largest absolute Gasteiger partial charge is 0.469 e. The number of thiocarbonyl (C=S) groups is 1. The third-order valence-electron chi connectivity index (χ3n) is 2.74. The van der Waals surface area contributed by atoms with Gasteiger partial charge in [0.25, 0.3) is 0 Å². The van der Waals surface area contributed by atoms with Crippen LogP contribution < -0.4 is 11.1 Å². The standard InChI is InChI=1S/C14H15ClN2OS/c1-9(7-11-3-2-6-18-11)17-10-4-5-12(14(16)19)13(15)8-10/h2-6,8-9,17H,7H2,1H3,(H2,16,19). The predicted molar refractivity (Wildman–Crippen MR) is 82.8 cm³/mol. The summed E-state index contributed by atoms with van der Waals surface area (Å²) in [6, 6.07) is 9.65. The molecule has 1 heterocycles. The Hall–Kier alpha value is -1.52. The van der Waals surface area contributed by atoms with E-state index in [1.54, 1.807) is 6.26 Å². The van der Waals surface area contributed by atoms with E-state index in [9.17, 15) is 0 Å². The van der Waals surface area contributed by atoms with Gasteiger partial charge in [0.2, 0.25) is 0 Å². The highest BCUT2D eigenvalue weighted by atomic mass is 35.5. The summed E-state index contributed by atoms with van der Waals surface area (Å²) in [5.41, 5.74) is 7.20. The maximum Gasteiger partial charge on any atom is 0.105 e. The molecule has 0 amide bonds. The molecule has 1 atom stereocenters. The van der Waals surface area contributed by atoms with E-state index >= 15 is 0 Å². The molecule has 0 radical (unpaired) electrons.